The van der Waals surface area contributed by atoms with Gasteiger partial charge in [0.2, 0.25) is 5.91 Å². The highest BCUT2D eigenvalue weighted by Crippen LogP contribution is 2.33. The molecule has 0 saturated carbocycles. The van der Waals surface area contributed by atoms with Crippen molar-refractivity contribution in [1.82, 2.24) is 14.7 Å². The smallest absolute Gasteiger partial charge is 0.222 e. The molecule has 0 radical (unpaired) electrons. The number of amides is 1. The molecule has 5 heteroatoms. The molecule has 4 rings (SSSR count). The average molecular weight is 334 g/mol. The van der Waals surface area contributed by atoms with Crippen molar-refractivity contribution in [3.63, 3.8) is 0 Å². The molecule has 0 aromatic carbocycles. The monoisotopic (exact) mass is 333 g/mol. The van der Waals surface area contributed by atoms with Gasteiger partial charge in [-0.05, 0) is 50.2 Å². The normalized spacial score (nSPS) is 29.4. The molecule has 4 heterocycles. The Morgan fingerprint density at radius 2 is 1.96 bits per heavy atom. The molecule has 3 aliphatic rings. The van der Waals surface area contributed by atoms with Gasteiger partial charge in [0.15, 0.2) is 0 Å². The average Bonchev–Trinajstić information content (AvgIpc) is 3.29. The fourth-order valence-electron chi connectivity index (χ4n) is 4.58. The number of piperidine rings is 1. The van der Waals surface area contributed by atoms with Gasteiger partial charge in [0.1, 0.15) is 0 Å². The molecule has 0 bridgehead atoms. The summed E-state index contributed by atoms with van der Waals surface area (Å²) in [6, 6.07) is 5.41. The molecule has 1 aromatic rings. The summed E-state index contributed by atoms with van der Waals surface area (Å²) in [5.41, 5.74) is 0. The number of thiophene rings is 1. The maximum Gasteiger partial charge on any atom is 0.222 e. The molecule has 126 valence electrons. The molecular formula is C18H27N3OS. The number of carbonyl (C=O) groups is 1. The van der Waals surface area contributed by atoms with Crippen LogP contribution in [0.3, 0.4) is 0 Å². The third-order valence-electron chi connectivity index (χ3n) is 5.79. The van der Waals surface area contributed by atoms with Crippen molar-refractivity contribution in [2.24, 2.45) is 0 Å². The summed E-state index contributed by atoms with van der Waals surface area (Å²) in [5, 5.41) is 2.16. The van der Waals surface area contributed by atoms with Crippen molar-refractivity contribution >= 4 is 17.2 Å². The molecule has 3 fully saturated rings. The van der Waals surface area contributed by atoms with Crippen LogP contribution in [0.1, 0.15) is 37.0 Å². The van der Waals surface area contributed by atoms with Gasteiger partial charge in [0.05, 0.1) is 0 Å². The van der Waals surface area contributed by atoms with Gasteiger partial charge < -0.3 is 9.80 Å². The predicted octanol–water partition coefficient (Wildman–Crippen LogP) is 2.41. The second kappa shape index (κ2) is 6.91. The maximum atomic E-state index is 12.5. The van der Waals surface area contributed by atoms with Crippen LogP contribution in [-0.4, -0.2) is 65.4 Å². The highest BCUT2D eigenvalue weighted by molar-refractivity contribution is 7.09. The lowest BCUT2D eigenvalue weighted by Crippen LogP contribution is -2.53. The summed E-state index contributed by atoms with van der Waals surface area (Å²) in [6.45, 7) is 6.65. The Bertz CT molecular complexity index is 526. The molecule has 3 aliphatic heterocycles. The fraction of sp³-hybridized carbons (Fsp3) is 0.722. The zero-order valence-corrected chi connectivity index (χ0v) is 14.6. The van der Waals surface area contributed by atoms with Gasteiger partial charge in [0.25, 0.3) is 0 Å². The number of likely N-dealkylation sites (tertiary alicyclic amines) is 3. The number of nitrogens with zero attached hydrogens (tertiary/aromatic N) is 3. The van der Waals surface area contributed by atoms with E-state index in [0.29, 0.717) is 18.0 Å². The van der Waals surface area contributed by atoms with Crippen molar-refractivity contribution in [2.75, 3.05) is 32.7 Å². The van der Waals surface area contributed by atoms with Crippen LogP contribution in [0, 0.1) is 0 Å². The van der Waals surface area contributed by atoms with Crippen molar-refractivity contribution in [1.29, 1.82) is 0 Å². The van der Waals surface area contributed by atoms with Gasteiger partial charge in [-0.2, -0.15) is 0 Å². The van der Waals surface area contributed by atoms with Gasteiger partial charge in [0, 0.05) is 49.6 Å². The summed E-state index contributed by atoms with van der Waals surface area (Å²) in [4.78, 5) is 21.3. The first kappa shape index (κ1) is 15.6. The van der Waals surface area contributed by atoms with E-state index in [9.17, 15) is 4.79 Å². The van der Waals surface area contributed by atoms with Gasteiger partial charge >= 0.3 is 0 Å². The highest BCUT2D eigenvalue weighted by atomic mass is 32.1. The van der Waals surface area contributed by atoms with Crippen molar-refractivity contribution in [2.45, 2.75) is 50.7 Å². The Morgan fingerprint density at radius 3 is 2.74 bits per heavy atom. The zero-order chi connectivity index (χ0) is 15.6. The summed E-state index contributed by atoms with van der Waals surface area (Å²) in [5.74, 6) is 0.392. The van der Waals surface area contributed by atoms with E-state index >= 15 is 0 Å². The molecule has 4 nitrogen and oxygen atoms in total. The largest absolute Gasteiger partial charge is 0.337 e. The van der Waals surface area contributed by atoms with Gasteiger partial charge in [-0.1, -0.05) is 6.07 Å². The molecule has 0 aliphatic carbocycles. The fourth-order valence-corrected chi connectivity index (χ4v) is 5.31. The summed E-state index contributed by atoms with van der Waals surface area (Å²) in [7, 11) is 0. The maximum absolute atomic E-state index is 12.5. The lowest BCUT2D eigenvalue weighted by atomic mass is 9.96. The predicted molar refractivity (Wildman–Crippen MR) is 93.5 cm³/mol. The molecule has 2 atom stereocenters. The van der Waals surface area contributed by atoms with E-state index in [1.807, 2.05) is 11.3 Å². The van der Waals surface area contributed by atoms with Crippen molar-refractivity contribution in [3.05, 3.63) is 22.4 Å². The van der Waals surface area contributed by atoms with E-state index in [4.69, 9.17) is 0 Å². The van der Waals surface area contributed by atoms with Crippen LogP contribution in [0.15, 0.2) is 17.5 Å². The third-order valence-corrected chi connectivity index (χ3v) is 6.66. The van der Waals surface area contributed by atoms with E-state index in [1.54, 1.807) is 0 Å². The van der Waals surface area contributed by atoms with Crippen LogP contribution in [0.5, 0.6) is 0 Å². The SMILES string of the molecule is O=C1CC[C@@H]2[C@@H](CCN2Cc2cccs2)N1CCN1CCCC1. The Morgan fingerprint density at radius 1 is 1.09 bits per heavy atom. The first-order valence-electron chi connectivity index (χ1n) is 9.09. The summed E-state index contributed by atoms with van der Waals surface area (Å²) < 4.78 is 0. The standard InChI is InChI=1S/C18H27N3OS/c22-18-6-5-16-17(21(18)12-11-19-8-1-2-9-19)7-10-20(16)14-15-4-3-13-23-15/h3-4,13,16-17H,1-2,5-12,14H2/t16-,17-/m1/s1. The minimum atomic E-state index is 0.392. The quantitative estimate of drug-likeness (QED) is 0.828. The molecule has 1 aromatic heterocycles. The van der Waals surface area contributed by atoms with Crippen LogP contribution in [0.4, 0.5) is 0 Å². The minimum Gasteiger partial charge on any atom is -0.337 e. The number of hydrogen-bond donors (Lipinski definition) is 0. The van der Waals surface area contributed by atoms with Crippen LogP contribution in [0.25, 0.3) is 0 Å². The van der Waals surface area contributed by atoms with Gasteiger partial charge in [-0.25, -0.2) is 0 Å². The second-order valence-corrected chi connectivity index (χ2v) is 8.18. The third kappa shape index (κ3) is 3.32. The molecule has 1 amide bonds. The van der Waals surface area contributed by atoms with Crippen LogP contribution in [-0.2, 0) is 11.3 Å². The van der Waals surface area contributed by atoms with Crippen molar-refractivity contribution in [3.8, 4) is 0 Å². The Labute approximate surface area is 143 Å². The summed E-state index contributed by atoms with van der Waals surface area (Å²) in [6.07, 6.45) is 5.60. The number of rotatable bonds is 5. The van der Waals surface area contributed by atoms with E-state index in [0.717, 1.165) is 45.4 Å². The van der Waals surface area contributed by atoms with Gasteiger partial charge in [-0.15, -0.1) is 11.3 Å². The number of hydrogen-bond acceptors (Lipinski definition) is 4. The van der Waals surface area contributed by atoms with Crippen LogP contribution in [0.2, 0.25) is 0 Å². The van der Waals surface area contributed by atoms with Crippen LogP contribution >= 0.6 is 11.3 Å². The first-order valence-corrected chi connectivity index (χ1v) is 9.97. The molecule has 0 spiro atoms. The number of carbonyl (C=O) groups excluding carboxylic acids is 1. The van der Waals surface area contributed by atoms with Crippen molar-refractivity contribution < 1.29 is 4.79 Å². The lowest BCUT2D eigenvalue weighted by molar-refractivity contribution is -0.137. The van der Waals surface area contributed by atoms with Crippen LogP contribution < -0.4 is 0 Å². The van der Waals surface area contributed by atoms with E-state index in [-0.39, 0.29) is 0 Å². The van der Waals surface area contributed by atoms with Gasteiger partial charge in [-0.3, -0.25) is 9.69 Å². The molecule has 23 heavy (non-hydrogen) atoms. The summed E-state index contributed by atoms with van der Waals surface area (Å²) >= 11 is 1.85. The van der Waals surface area contributed by atoms with E-state index < -0.39 is 0 Å². The van der Waals surface area contributed by atoms with E-state index in [1.165, 1.54) is 30.8 Å². The second-order valence-electron chi connectivity index (χ2n) is 7.15. The zero-order valence-electron chi connectivity index (χ0n) is 13.8. The topological polar surface area (TPSA) is 26.8 Å². The Balaban J connectivity index is 1.38. The highest BCUT2D eigenvalue weighted by Gasteiger charge is 2.42. The minimum absolute atomic E-state index is 0.392. The molecular weight excluding hydrogens is 306 g/mol. The Hall–Kier alpha value is -0.910. The lowest BCUT2D eigenvalue weighted by Gasteiger charge is -2.40. The molecule has 3 saturated heterocycles. The molecule has 0 N–H and O–H groups in total. The molecule has 0 unspecified atom stereocenters. The Kier molecular flexibility index (Phi) is 4.69. The first-order chi connectivity index (χ1) is 11.3. The van der Waals surface area contributed by atoms with E-state index in [2.05, 4.69) is 32.2 Å². The number of fused-ring (bicyclic) bond motifs is 1.